The van der Waals surface area contributed by atoms with Crippen LogP contribution in [0.5, 0.6) is 0 Å². The zero-order valence-corrected chi connectivity index (χ0v) is 17.4. The lowest BCUT2D eigenvalue weighted by molar-refractivity contribution is -0.130. The summed E-state index contributed by atoms with van der Waals surface area (Å²) in [5.41, 5.74) is 3.00. The summed E-state index contributed by atoms with van der Waals surface area (Å²) in [4.78, 5) is 27.9. The molecule has 6 heteroatoms. The number of para-hydroxylation sites is 1. The molecule has 1 fully saturated rings. The van der Waals surface area contributed by atoms with Crippen molar-refractivity contribution < 1.29 is 9.59 Å². The molecule has 1 saturated heterocycles. The first-order valence-electron chi connectivity index (χ1n) is 9.95. The molecule has 0 aliphatic carbocycles. The number of fused-ring (bicyclic) bond motifs is 1. The predicted molar refractivity (Wildman–Crippen MR) is 118 cm³/mol. The number of hydrogen-bond donors (Lipinski definition) is 1. The smallest absolute Gasteiger partial charge is 0.242 e. The molecule has 1 aliphatic rings. The molecule has 29 heavy (non-hydrogen) atoms. The summed E-state index contributed by atoms with van der Waals surface area (Å²) in [7, 11) is 0. The molecule has 1 aliphatic heterocycles. The first-order valence-corrected chi connectivity index (χ1v) is 10.9. The molecule has 2 aromatic carbocycles. The number of thioether (sulfide) groups is 1. The summed E-state index contributed by atoms with van der Waals surface area (Å²) in [5, 5.41) is 4.01. The fourth-order valence-corrected chi connectivity index (χ4v) is 4.54. The number of nitrogens with one attached hydrogen (secondary N) is 1. The highest BCUT2D eigenvalue weighted by molar-refractivity contribution is 8.00. The fourth-order valence-electron chi connectivity index (χ4n) is 3.65. The first kappa shape index (κ1) is 19.6. The summed E-state index contributed by atoms with van der Waals surface area (Å²) in [6.07, 6.45) is 4.19. The van der Waals surface area contributed by atoms with Gasteiger partial charge in [-0.3, -0.25) is 9.59 Å². The Hall–Kier alpha value is -2.73. The second-order valence-corrected chi connectivity index (χ2v) is 8.45. The Morgan fingerprint density at radius 2 is 1.76 bits per heavy atom. The van der Waals surface area contributed by atoms with Crippen molar-refractivity contribution in [2.75, 3.05) is 24.2 Å². The molecular weight excluding hydrogens is 382 g/mol. The van der Waals surface area contributed by atoms with Gasteiger partial charge in [0.2, 0.25) is 11.8 Å². The molecule has 0 atom stereocenters. The summed E-state index contributed by atoms with van der Waals surface area (Å²) >= 11 is 1.50. The van der Waals surface area contributed by atoms with E-state index < -0.39 is 0 Å². The standard InChI is InChI=1S/C23H25N3O2S/c1-17-8-10-18(11-9-17)24-22(27)16-29-21-14-26(20-7-3-2-6-19(20)21)15-23(28)25-12-4-5-13-25/h2-3,6-11,14H,4-5,12-13,15-16H2,1H3,(H,24,27). The van der Waals surface area contributed by atoms with E-state index in [0.29, 0.717) is 12.3 Å². The molecule has 0 unspecified atom stereocenters. The van der Waals surface area contributed by atoms with Crippen LogP contribution >= 0.6 is 11.8 Å². The monoisotopic (exact) mass is 407 g/mol. The van der Waals surface area contributed by atoms with Crippen LogP contribution in [-0.2, 0) is 16.1 Å². The highest BCUT2D eigenvalue weighted by Gasteiger charge is 2.19. The average molecular weight is 408 g/mol. The van der Waals surface area contributed by atoms with Crippen molar-refractivity contribution in [2.45, 2.75) is 31.2 Å². The van der Waals surface area contributed by atoms with Gasteiger partial charge in [-0.25, -0.2) is 0 Å². The first-order chi connectivity index (χ1) is 14.1. The quantitative estimate of drug-likeness (QED) is 0.620. The van der Waals surface area contributed by atoms with Crippen molar-refractivity contribution in [3.05, 3.63) is 60.3 Å². The van der Waals surface area contributed by atoms with Crippen LogP contribution < -0.4 is 5.32 Å². The molecule has 5 nitrogen and oxygen atoms in total. The van der Waals surface area contributed by atoms with Gasteiger partial charge in [0, 0.05) is 40.8 Å². The summed E-state index contributed by atoms with van der Waals surface area (Å²) < 4.78 is 2.01. The maximum absolute atomic E-state index is 12.6. The lowest BCUT2D eigenvalue weighted by atomic mass is 10.2. The topological polar surface area (TPSA) is 54.3 Å². The molecule has 1 N–H and O–H groups in total. The van der Waals surface area contributed by atoms with Gasteiger partial charge >= 0.3 is 0 Å². The number of rotatable bonds is 6. The third-order valence-corrected chi connectivity index (χ3v) is 6.25. The summed E-state index contributed by atoms with van der Waals surface area (Å²) in [6, 6.07) is 15.8. The van der Waals surface area contributed by atoms with Crippen LogP contribution in [0.2, 0.25) is 0 Å². The molecule has 150 valence electrons. The number of aryl methyl sites for hydroxylation is 1. The third kappa shape index (κ3) is 4.65. The molecule has 2 heterocycles. The molecule has 2 amide bonds. The second kappa shape index (κ2) is 8.74. The van der Waals surface area contributed by atoms with Crippen LogP contribution in [0, 0.1) is 6.92 Å². The van der Waals surface area contributed by atoms with Gasteiger partial charge < -0.3 is 14.8 Å². The van der Waals surface area contributed by atoms with Crippen molar-refractivity contribution in [1.29, 1.82) is 0 Å². The van der Waals surface area contributed by atoms with Gasteiger partial charge in [-0.2, -0.15) is 0 Å². The SMILES string of the molecule is Cc1ccc(NC(=O)CSc2cn(CC(=O)N3CCCC3)c3ccccc23)cc1. The summed E-state index contributed by atoms with van der Waals surface area (Å²) in [6.45, 7) is 4.08. The highest BCUT2D eigenvalue weighted by Crippen LogP contribution is 2.30. The number of anilines is 1. The Morgan fingerprint density at radius 1 is 1.03 bits per heavy atom. The van der Waals surface area contributed by atoms with E-state index in [-0.39, 0.29) is 11.8 Å². The van der Waals surface area contributed by atoms with Crippen LogP contribution in [0.1, 0.15) is 18.4 Å². The number of nitrogens with zero attached hydrogens (tertiary/aromatic N) is 2. The van der Waals surface area contributed by atoms with Crippen LogP contribution in [-0.4, -0.2) is 40.1 Å². The van der Waals surface area contributed by atoms with Crippen LogP contribution in [0.15, 0.2) is 59.6 Å². The van der Waals surface area contributed by atoms with E-state index in [1.807, 2.05) is 71.1 Å². The number of carbonyl (C=O) groups excluding carboxylic acids is 2. The van der Waals surface area contributed by atoms with Gasteiger partial charge in [0.15, 0.2) is 0 Å². The van der Waals surface area contributed by atoms with Gasteiger partial charge in [0.1, 0.15) is 6.54 Å². The minimum Gasteiger partial charge on any atom is -0.341 e. The van der Waals surface area contributed by atoms with E-state index >= 15 is 0 Å². The minimum absolute atomic E-state index is 0.0381. The molecule has 1 aromatic heterocycles. The van der Waals surface area contributed by atoms with E-state index in [9.17, 15) is 9.59 Å². The van der Waals surface area contributed by atoms with Gasteiger partial charge in [0.25, 0.3) is 0 Å². The van der Waals surface area contributed by atoms with Crippen LogP contribution in [0.25, 0.3) is 10.9 Å². The van der Waals surface area contributed by atoms with Gasteiger partial charge in [-0.15, -0.1) is 11.8 Å². The Labute approximate surface area is 175 Å². The van der Waals surface area contributed by atoms with Gasteiger partial charge in [0.05, 0.1) is 5.75 Å². The maximum Gasteiger partial charge on any atom is 0.242 e. The Morgan fingerprint density at radius 3 is 2.52 bits per heavy atom. The van der Waals surface area contributed by atoms with Crippen molar-refractivity contribution in [1.82, 2.24) is 9.47 Å². The van der Waals surface area contributed by atoms with Crippen molar-refractivity contribution in [3.63, 3.8) is 0 Å². The second-order valence-electron chi connectivity index (χ2n) is 7.43. The Bertz CT molecular complexity index is 1020. The lowest BCUT2D eigenvalue weighted by Crippen LogP contribution is -2.30. The van der Waals surface area contributed by atoms with Crippen molar-refractivity contribution in [2.24, 2.45) is 0 Å². The number of hydrogen-bond acceptors (Lipinski definition) is 3. The fraction of sp³-hybridized carbons (Fsp3) is 0.304. The minimum atomic E-state index is -0.0381. The Balaban J connectivity index is 1.45. The normalized spacial score (nSPS) is 13.8. The average Bonchev–Trinajstić information content (AvgIpc) is 3.37. The molecule has 0 radical (unpaired) electrons. The number of aromatic nitrogens is 1. The molecular formula is C23H25N3O2S. The van der Waals surface area contributed by atoms with E-state index in [4.69, 9.17) is 0 Å². The predicted octanol–water partition coefficient (Wildman–Crippen LogP) is 4.30. The van der Waals surface area contributed by atoms with Crippen LogP contribution in [0.3, 0.4) is 0 Å². The molecule has 3 aromatic rings. The van der Waals surface area contributed by atoms with Crippen molar-refractivity contribution in [3.8, 4) is 0 Å². The van der Waals surface area contributed by atoms with Gasteiger partial charge in [-0.1, -0.05) is 35.9 Å². The number of benzene rings is 2. The van der Waals surface area contributed by atoms with Gasteiger partial charge in [-0.05, 0) is 38.0 Å². The molecule has 4 rings (SSSR count). The largest absolute Gasteiger partial charge is 0.341 e. The third-order valence-electron chi connectivity index (χ3n) is 5.21. The zero-order chi connectivity index (χ0) is 20.2. The number of amides is 2. The maximum atomic E-state index is 12.6. The molecule has 0 saturated carbocycles. The zero-order valence-electron chi connectivity index (χ0n) is 16.6. The van der Waals surface area contributed by atoms with E-state index in [2.05, 4.69) is 5.32 Å². The van der Waals surface area contributed by atoms with E-state index in [1.54, 1.807) is 0 Å². The van der Waals surface area contributed by atoms with E-state index in [0.717, 1.165) is 53.0 Å². The van der Waals surface area contributed by atoms with E-state index in [1.165, 1.54) is 11.8 Å². The highest BCUT2D eigenvalue weighted by atomic mass is 32.2. The molecule has 0 spiro atoms. The summed E-state index contributed by atoms with van der Waals surface area (Å²) in [5.74, 6) is 0.447. The lowest BCUT2D eigenvalue weighted by Gasteiger charge is -2.15. The van der Waals surface area contributed by atoms with Crippen molar-refractivity contribution >= 4 is 40.2 Å². The number of carbonyl (C=O) groups is 2. The molecule has 0 bridgehead atoms. The van der Waals surface area contributed by atoms with Crippen LogP contribution in [0.4, 0.5) is 5.69 Å². The number of likely N-dealkylation sites (tertiary alicyclic amines) is 1. The Kier molecular flexibility index (Phi) is 5.90.